The highest BCUT2D eigenvalue weighted by molar-refractivity contribution is 8.01. The molecule has 2 heterocycles. The van der Waals surface area contributed by atoms with Gasteiger partial charge in [-0.2, -0.15) is 0 Å². The number of carbonyl (C=O) groups is 2. The molecule has 6 heteroatoms. The van der Waals surface area contributed by atoms with Crippen LogP contribution in [0.25, 0.3) is 0 Å². The number of ether oxygens (including phenoxy) is 1. The second kappa shape index (κ2) is 6.60. The van der Waals surface area contributed by atoms with Crippen LogP contribution >= 0.6 is 11.8 Å². The fraction of sp³-hybridized carbons (Fsp3) is 0.500. The number of carbonyl (C=O) groups excluding carboxylic acids is 2. The predicted octanol–water partition coefficient (Wildman–Crippen LogP) is 2.00. The summed E-state index contributed by atoms with van der Waals surface area (Å²) in [6.45, 7) is 4.46. The maximum atomic E-state index is 12.6. The van der Waals surface area contributed by atoms with Gasteiger partial charge in [0, 0.05) is 31.1 Å². The number of hydrogen-bond donors (Lipinski definition) is 0. The lowest BCUT2D eigenvalue weighted by Crippen LogP contribution is -2.52. The Morgan fingerprint density at radius 1 is 1.18 bits per heavy atom. The van der Waals surface area contributed by atoms with Crippen molar-refractivity contribution in [1.82, 2.24) is 9.80 Å². The highest BCUT2D eigenvalue weighted by atomic mass is 32.2. The van der Waals surface area contributed by atoms with E-state index in [1.807, 2.05) is 17.0 Å². The summed E-state index contributed by atoms with van der Waals surface area (Å²) < 4.78 is 5.00. The molecule has 0 radical (unpaired) electrons. The third kappa shape index (κ3) is 3.06. The van der Waals surface area contributed by atoms with Crippen molar-refractivity contribution in [3.05, 3.63) is 29.8 Å². The van der Waals surface area contributed by atoms with Gasteiger partial charge in [0.15, 0.2) is 0 Å². The summed E-state index contributed by atoms with van der Waals surface area (Å²) in [5, 5.41) is -0.0217. The molecule has 2 aliphatic heterocycles. The van der Waals surface area contributed by atoms with E-state index in [2.05, 4.69) is 12.1 Å². The summed E-state index contributed by atoms with van der Waals surface area (Å²) in [6.07, 6.45) is 0.523. The van der Waals surface area contributed by atoms with Crippen LogP contribution in [0.5, 0.6) is 0 Å². The quantitative estimate of drug-likeness (QED) is 0.836. The Morgan fingerprint density at radius 3 is 2.55 bits per heavy atom. The Labute approximate surface area is 134 Å². The monoisotopic (exact) mass is 320 g/mol. The molecule has 0 aliphatic carbocycles. The van der Waals surface area contributed by atoms with Crippen molar-refractivity contribution in [2.24, 2.45) is 0 Å². The van der Waals surface area contributed by atoms with Gasteiger partial charge in [0.1, 0.15) is 0 Å². The number of amides is 2. The van der Waals surface area contributed by atoms with Crippen LogP contribution in [0, 0.1) is 0 Å². The highest BCUT2D eigenvalue weighted by Crippen LogP contribution is 2.37. The third-order valence-electron chi connectivity index (χ3n) is 4.04. The molecule has 2 amide bonds. The first-order chi connectivity index (χ1) is 10.7. The molecule has 0 aromatic heterocycles. The Bertz CT molecular complexity index is 545. The van der Waals surface area contributed by atoms with E-state index < -0.39 is 0 Å². The summed E-state index contributed by atoms with van der Waals surface area (Å²) in [6, 6.07) is 8.20. The highest BCUT2D eigenvalue weighted by Gasteiger charge is 2.33. The van der Waals surface area contributed by atoms with Crippen LogP contribution in [0.1, 0.15) is 12.5 Å². The van der Waals surface area contributed by atoms with Crippen LogP contribution in [-0.2, 0) is 16.0 Å². The smallest absolute Gasteiger partial charge is 0.409 e. The largest absolute Gasteiger partial charge is 0.450 e. The van der Waals surface area contributed by atoms with Gasteiger partial charge in [-0.3, -0.25) is 4.79 Å². The first-order valence-electron chi connectivity index (χ1n) is 7.64. The number of thioether (sulfide) groups is 1. The van der Waals surface area contributed by atoms with E-state index in [0.717, 1.165) is 6.42 Å². The summed E-state index contributed by atoms with van der Waals surface area (Å²) in [7, 11) is 0. The number of rotatable bonds is 2. The van der Waals surface area contributed by atoms with Crippen molar-refractivity contribution in [1.29, 1.82) is 0 Å². The molecular weight excluding hydrogens is 300 g/mol. The van der Waals surface area contributed by atoms with E-state index >= 15 is 0 Å². The van der Waals surface area contributed by atoms with Crippen molar-refractivity contribution < 1.29 is 14.3 Å². The van der Waals surface area contributed by atoms with Crippen LogP contribution in [0.4, 0.5) is 4.79 Å². The molecule has 0 spiro atoms. The number of nitrogens with zero attached hydrogens (tertiary/aromatic N) is 2. The molecule has 3 rings (SSSR count). The van der Waals surface area contributed by atoms with E-state index in [-0.39, 0.29) is 17.3 Å². The first kappa shape index (κ1) is 15.2. The summed E-state index contributed by atoms with van der Waals surface area (Å²) >= 11 is 1.66. The summed E-state index contributed by atoms with van der Waals surface area (Å²) in [5.41, 5.74) is 1.26. The second-order valence-corrected chi connectivity index (χ2v) is 6.67. The normalized spacial score (nSPS) is 20.7. The van der Waals surface area contributed by atoms with Crippen molar-refractivity contribution in [2.75, 3.05) is 32.8 Å². The molecule has 1 atom stereocenters. The molecule has 0 bridgehead atoms. The van der Waals surface area contributed by atoms with Crippen LogP contribution < -0.4 is 0 Å². The van der Waals surface area contributed by atoms with Gasteiger partial charge in [0.2, 0.25) is 5.91 Å². The topological polar surface area (TPSA) is 49.9 Å². The van der Waals surface area contributed by atoms with Crippen LogP contribution in [0.2, 0.25) is 0 Å². The second-order valence-electron chi connectivity index (χ2n) is 5.43. The number of benzene rings is 1. The summed E-state index contributed by atoms with van der Waals surface area (Å²) in [5.74, 6) is 0.185. The van der Waals surface area contributed by atoms with E-state index in [0.29, 0.717) is 32.8 Å². The van der Waals surface area contributed by atoms with E-state index in [1.165, 1.54) is 10.5 Å². The number of fused-ring (bicyclic) bond motifs is 1. The van der Waals surface area contributed by atoms with Gasteiger partial charge in [0.05, 0.1) is 11.9 Å². The predicted molar refractivity (Wildman–Crippen MR) is 85.0 cm³/mol. The molecule has 1 aromatic carbocycles. The Morgan fingerprint density at radius 2 is 1.86 bits per heavy atom. The minimum atomic E-state index is -0.280. The maximum Gasteiger partial charge on any atom is 0.409 e. The molecule has 5 nitrogen and oxygen atoms in total. The van der Waals surface area contributed by atoms with Crippen molar-refractivity contribution in [3.63, 3.8) is 0 Å². The fourth-order valence-electron chi connectivity index (χ4n) is 2.85. The zero-order chi connectivity index (χ0) is 15.5. The molecular formula is C16H20N2O3S. The maximum absolute atomic E-state index is 12.6. The van der Waals surface area contributed by atoms with Gasteiger partial charge < -0.3 is 14.5 Å². The van der Waals surface area contributed by atoms with Crippen molar-refractivity contribution >= 4 is 23.8 Å². The molecule has 2 aliphatic rings. The lowest BCUT2D eigenvalue weighted by molar-refractivity contribution is -0.132. The van der Waals surface area contributed by atoms with Crippen LogP contribution in [-0.4, -0.2) is 59.8 Å². The molecule has 1 unspecified atom stereocenters. The van der Waals surface area contributed by atoms with Crippen molar-refractivity contribution in [3.8, 4) is 0 Å². The molecule has 118 valence electrons. The zero-order valence-electron chi connectivity index (χ0n) is 12.7. The van der Waals surface area contributed by atoms with Crippen LogP contribution in [0.15, 0.2) is 29.2 Å². The molecule has 1 aromatic rings. The Hall–Kier alpha value is -1.69. The average molecular weight is 320 g/mol. The van der Waals surface area contributed by atoms with E-state index in [9.17, 15) is 9.59 Å². The van der Waals surface area contributed by atoms with E-state index in [1.54, 1.807) is 23.6 Å². The Balaban J connectivity index is 1.54. The van der Waals surface area contributed by atoms with Gasteiger partial charge in [-0.1, -0.05) is 18.2 Å². The molecule has 1 fully saturated rings. The van der Waals surface area contributed by atoms with Gasteiger partial charge in [0.25, 0.3) is 0 Å². The first-order valence-corrected chi connectivity index (χ1v) is 8.52. The standard InChI is InChI=1S/C16H20N2O3S/c1-2-21-16(20)18-9-7-17(8-10-18)15(19)14-11-12-5-3-4-6-13(12)22-14/h3-6,14H,2,7-11H2,1H3. The Kier molecular flexibility index (Phi) is 4.57. The van der Waals surface area contributed by atoms with Gasteiger partial charge in [-0.15, -0.1) is 11.8 Å². The molecule has 0 N–H and O–H groups in total. The lowest BCUT2D eigenvalue weighted by atomic mass is 10.1. The average Bonchev–Trinajstić information content (AvgIpc) is 2.98. The minimum absolute atomic E-state index is 0.0217. The van der Waals surface area contributed by atoms with E-state index in [4.69, 9.17) is 4.74 Å². The zero-order valence-corrected chi connectivity index (χ0v) is 13.5. The van der Waals surface area contributed by atoms with Crippen LogP contribution in [0.3, 0.4) is 0 Å². The minimum Gasteiger partial charge on any atom is -0.450 e. The van der Waals surface area contributed by atoms with Crippen molar-refractivity contribution in [2.45, 2.75) is 23.5 Å². The number of piperazine rings is 1. The van der Waals surface area contributed by atoms with Gasteiger partial charge in [-0.05, 0) is 25.0 Å². The fourth-order valence-corrected chi connectivity index (χ4v) is 4.13. The lowest BCUT2D eigenvalue weighted by Gasteiger charge is -2.35. The number of hydrogen-bond acceptors (Lipinski definition) is 4. The third-order valence-corrected chi connectivity index (χ3v) is 5.34. The molecule has 22 heavy (non-hydrogen) atoms. The molecule has 1 saturated heterocycles. The molecule has 0 saturated carbocycles. The SMILES string of the molecule is CCOC(=O)N1CCN(C(=O)C2Cc3ccccc3S2)CC1. The summed E-state index contributed by atoms with van der Waals surface area (Å²) in [4.78, 5) is 29.1. The van der Waals surface area contributed by atoms with Gasteiger partial charge >= 0.3 is 6.09 Å². The van der Waals surface area contributed by atoms with Gasteiger partial charge in [-0.25, -0.2) is 4.79 Å².